The van der Waals surface area contributed by atoms with Crippen molar-refractivity contribution in [2.24, 2.45) is 11.8 Å². The quantitative estimate of drug-likeness (QED) is 0.785. The zero-order valence-electron chi connectivity index (χ0n) is 8.29. The van der Waals surface area contributed by atoms with Crippen molar-refractivity contribution in [2.75, 3.05) is 11.1 Å². The fraction of sp³-hybridized carbons (Fsp3) is 0.700. The highest BCUT2D eigenvalue weighted by Gasteiger charge is 2.45. The van der Waals surface area contributed by atoms with Crippen molar-refractivity contribution in [1.29, 1.82) is 0 Å². The number of fused-ring (bicyclic) bond motifs is 1. The first kappa shape index (κ1) is 8.53. The molecule has 76 valence electrons. The summed E-state index contributed by atoms with van der Waals surface area (Å²) in [6.07, 6.45) is 4.17. The minimum Gasteiger partial charge on any atom is -0.383 e. The SMILES string of the molecule is Cc1c(N)nsc1NC1CC2CC2C1. The minimum absolute atomic E-state index is 0.678. The van der Waals surface area contributed by atoms with Crippen molar-refractivity contribution in [3.63, 3.8) is 0 Å². The molecule has 2 fully saturated rings. The van der Waals surface area contributed by atoms with Crippen molar-refractivity contribution in [2.45, 2.75) is 32.2 Å². The zero-order valence-corrected chi connectivity index (χ0v) is 9.10. The van der Waals surface area contributed by atoms with Gasteiger partial charge in [0.1, 0.15) is 10.8 Å². The van der Waals surface area contributed by atoms with E-state index in [0.717, 1.165) is 17.4 Å². The highest BCUT2D eigenvalue weighted by molar-refractivity contribution is 7.10. The molecule has 2 unspecified atom stereocenters. The predicted octanol–water partition coefficient (Wildman–Crippen LogP) is 2.24. The molecule has 0 saturated heterocycles. The van der Waals surface area contributed by atoms with Gasteiger partial charge in [0.15, 0.2) is 0 Å². The van der Waals surface area contributed by atoms with Crippen LogP contribution < -0.4 is 11.1 Å². The fourth-order valence-corrected chi connectivity index (χ4v) is 3.29. The summed E-state index contributed by atoms with van der Waals surface area (Å²) in [4.78, 5) is 0. The first-order valence-corrected chi connectivity index (χ1v) is 5.99. The summed E-state index contributed by atoms with van der Waals surface area (Å²) in [5.41, 5.74) is 6.83. The van der Waals surface area contributed by atoms with Crippen LogP contribution in [-0.4, -0.2) is 10.4 Å². The van der Waals surface area contributed by atoms with Crippen molar-refractivity contribution in [3.05, 3.63) is 5.56 Å². The molecule has 2 saturated carbocycles. The molecular formula is C10H15N3S. The molecule has 2 aliphatic rings. The largest absolute Gasteiger partial charge is 0.383 e. The number of nitrogen functional groups attached to an aromatic ring is 1. The lowest BCUT2D eigenvalue weighted by molar-refractivity contribution is 0.653. The molecule has 0 aliphatic heterocycles. The maximum atomic E-state index is 5.71. The zero-order chi connectivity index (χ0) is 9.71. The van der Waals surface area contributed by atoms with E-state index in [2.05, 4.69) is 9.69 Å². The van der Waals surface area contributed by atoms with Crippen LogP contribution in [0.5, 0.6) is 0 Å². The van der Waals surface area contributed by atoms with Crippen LogP contribution in [0.1, 0.15) is 24.8 Å². The van der Waals surface area contributed by atoms with Gasteiger partial charge in [-0.3, -0.25) is 0 Å². The van der Waals surface area contributed by atoms with E-state index in [1.807, 2.05) is 6.92 Å². The first-order valence-electron chi connectivity index (χ1n) is 5.22. The molecule has 0 amide bonds. The van der Waals surface area contributed by atoms with E-state index >= 15 is 0 Å². The number of nitrogens with one attached hydrogen (secondary N) is 1. The molecule has 2 atom stereocenters. The molecule has 0 spiro atoms. The molecule has 3 nitrogen and oxygen atoms in total. The number of hydrogen-bond donors (Lipinski definition) is 2. The summed E-state index contributed by atoms with van der Waals surface area (Å²) >= 11 is 1.49. The topological polar surface area (TPSA) is 50.9 Å². The van der Waals surface area contributed by atoms with Crippen molar-refractivity contribution >= 4 is 22.4 Å². The van der Waals surface area contributed by atoms with Crippen LogP contribution in [-0.2, 0) is 0 Å². The number of hydrogen-bond acceptors (Lipinski definition) is 4. The second-order valence-corrected chi connectivity index (χ2v) is 5.36. The van der Waals surface area contributed by atoms with Gasteiger partial charge in [0, 0.05) is 11.6 Å². The Bertz CT molecular complexity index is 350. The third-order valence-corrected chi connectivity index (χ3v) is 4.43. The van der Waals surface area contributed by atoms with Gasteiger partial charge in [0.2, 0.25) is 0 Å². The third kappa shape index (κ3) is 1.29. The normalized spacial score (nSPS) is 34.2. The fourth-order valence-electron chi connectivity index (χ4n) is 2.50. The van der Waals surface area contributed by atoms with Crippen molar-refractivity contribution < 1.29 is 0 Å². The standard InChI is InChI=1S/C10H15N3S/c1-5-9(11)13-14-10(5)12-8-3-6-2-7(6)4-8/h6-8,12H,2-4H2,1H3,(H2,11,13). The van der Waals surface area contributed by atoms with E-state index in [1.54, 1.807) is 0 Å². The van der Waals surface area contributed by atoms with E-state index in [1.165, 1.54) is 35.8 Å². The summed E-state index contributed by atoms with van der Waals surface area (Å²) in [7, 11) is 0. The Hall–Kier alpha value is -0.770. The Morgan fingerprint density at radius 3 is 2.64 bits per heavy atom. The number of nitrogens with two attached hydrogens (primary N) is 1. The van der Waals surface area contributed by atoms with E-state index in [-0.39, 0.29) is 0 Å². The number of aromatic nitrogens is 1. The molecule has 1 aromatic heterocycles. The molecule has 1 heterocycles. The second-order valence-electron chi connectivity index (χ2n) is 4.59. The number of nitrogens with zero attached hydrogens (tertiary/aromatic N) is 1. The van der Waals surface area contributed by atoms with Gasteiger partial charge in [-0.15, -0.1) is 0 Å². The average Bonchev–Trinajstić information content (AvgIpc) is 2.67. The van der Waals surface area contributed by atoms with Crippen LogP contribution in [0.25, 0.3) is 0 Å². The number of rotatable bonds is 2. The number of anilines is 2. The van der Waals surface area contributed by atoms with Gasteiger partial charge in [-0.2, -0.15) is 4.37 Å². The third-order valence-electron chi connectivity index (χ3n) is 3.54. The minimum atomic E-state index is 0.678. The van der Waals surface area contributed by atoms with Crippen LogP contribution in [0.3, 0.4) is 0 Å². The van der Waals surface area contributed by atoms with Gasteiger partial charge < -0.3 is 11.1 Å². The van der Waals surface area contributed by atoms with Gasteiger partial charge in [-0.1, -0.05) is 0 Å². The molecule has 14 heavy (non-hydrogen) atoms. The Kier molecular flexibility index (Phi) is 1.74. The van der Waals surface area contributed by atoms with E-state index in [4.69, 9.17) is 5.73 Å². The maximum Gasteiger partial charge on any atom is 0.142 e. The monoisotopic (exact) mass is 209 g/mol. The molecule has 2 aliphatic carbocycles. The van der Waals surface area contributed by atoms with Crippen molar-refractivity contribution in [3.8, 4) is 0 Å². The van der Waals surface area contributed by atoms with Crippen LogP contribution in [0.15, 0.2) is 0 Å². The Balaban J connectivity index is 1.69. The highest BCUT2D eigenvalue weighted by atomic mass is 32.1. The Morgan fingerprint density at radius 1 is 1.36 bits per heavy atom. The lowest BCUT2D eigenvalue weighted by atomic mass is 10.1. The summed E-state index contributed by atoms with van der Waals surface area (Å²) < 4.78 is 4.15. The predicted molar refractivity (Wildman–Crippen MR) is 59.5 cm³/mol. The van der Waals surface area contributed by atoms with Gasteiger partial charge in [-0.25, -0.2) is 0 Å². The Labute approximate surface area is 87.9 Å². The molecule has 3 rings (SSSR count). The molecule has 4 heteroatoms. The molecule has 1 aromatic rings. The lowest BCUT2D eigenvalue weighted by Gasteiger charge is -2.14. The molecule has 3 N–H and O–H groups in total. The summed E-state index contributed by atoms with van der Waals surface area (Å²) in [5.74, 6) is 2.73. The molecule has 0 radical (unpaired) electrons. The second kappa shape index (κ2) is 2.86. The molecule has 0 aromatic carbocycles. The molecule has 0 bridgehead atoms. The van der Waals surface area contributed by atoms with E-state index in [0.29, 0.717) is 11.9 Å². The summed E-state index contributed by atoms with van der Waals surface area (Å²) in [5, 5.41) is 4.74. The highest BCUT2D eigenvalue weighted by Crippen LogP contribution is 2.52. The first-order chi connectivity index (χ1) is 6.74. The van der Waals surface area contributed by atoms with E-state index < -0.39 is 0 Å². The van der Waals surface area contributed by atoms with Gasteiger partial charge in [0.05, 0.1) is 0 Å². The summed E-state index contributed by atoms with van der Waals surface area (Å²) in [6.45, 7) is 2.04. The average molecular weight is 209 g/mol. The van der Waals surface area contributed by atoms with Crippen LogP contribution in [0.4, 0.5) is 10.8 Å². The van der Waals surface area contributed by atoms with Crippen LogP contribution in [0.2, 0.25) is 0 Å². The van der Waals surface area contributed by atoms with Crippen LogP contribution in [0, 0.1) is 18.8 Å². The summed E-state index contributed by atoms with van der Waals surface area (Å²) in [6, 6.07) is 0.678. The van der Waals surface area contributed by atoms with E-state index in [9.17, 15) is 0 Å². The lowest BCUT2D eigenvalue weighted by Crippen LogP contribution is -2.16. The van der Waals surface area contributed by atoms with Crippen LogP contribution >= 0.6 is 11.5 Å². The smallest absolute Gasteiger partial charge is 0.142 e. The van der Waals surface area contributed by atoms with Gasteiger partial charge >= 0.3 is 0 Å². The van der Waals surface area contributed by atoms with Crippen molar-refractivity contribution in [1.82, 2.24) is 4.37 Å². The Morgan fingerprint density at radius 2 is 2.07 bits per heavy atom. The van der Waals surface area contributed by atoms with Gasteiger partial charge in [-0.05, 0) is 49.6 Å². The van der Waals surface area contributed by atoms with Gasteiger partial charge in [0.25, 0.3) is 0 Å². The maximum absolute atomic E-state index is 5.71. The molecular weight excluding hydrogens is 194 g/mol.